The Kier molecular flexibility index (Phi) is 4.48. The molecule has 0 unspecified atom stereocenters. The molecule has 138 valence electrons. The highest BCUT2D eigenvalue weighted by atomic mass is 32.1. The van der Waals surface area contributed by atoms with Gasteiger partial charge in [0.1, 0.15) is 10.4 Å². The number of ether oxygens (including phenoxy) is 1. The summed E-state index contributed by atoms with van der Waals surface area (Å²) in [4.78, 5) is 26.1. The molecule has 27 heavy (non-hydrogen) atoms. The quantitative estimate of drug-likeness (QED) is 0.806. The Morgan fingerprint density at radius 2 is 2.04 bits per heavy atom. The molecule has 5 nitrogen and oxygen atoms in total. The Morgan fingerprint density at radius 3 is 2.78 bits per heavy atom. The van der Waals surface area contributed by atoms with Crippen LogP contribution >= 0.6 is 11.3 Å². The molecule has 2 aliphatic rings. The van der Waals surface area contributed by atoms with Crippen LogP contribution in [0.3, 0.4) is 0 Å². The highest BCUT2D eigenvalue weighted by Crippen LogP contribution is 2.40. The first-order valence-corrected chi connectivity index (χ1v) is 9.92. The number of nitrogens with one attached hydrogen (secondary N) is 1. The van der Waals surface area contributed by atoms with E-state index in [0.29, 0.717) is 4.88 Å². The van der Waals surface area contributed by atoms with Gasteiger partial charge in [0.2, 0.25) is 0 Å². The molecular weight excluding hydrogens is 360 g/mol. The van der Waals surface area contributed by atoms with Gasteiger partial charge >= 0.3 is 5.97 Å². The van der Waals surface area contributed by atoms with Gasteiger partial charge in [0.25, 0.3) is 5.91 Å². The molecule has 1 fully saturated rings. The smallest absolute Gasteiger partial charge is 0.348 e. The van der Waals surface area contributed by atoms with Crippen LogP contribution in [-0.4, -0.2) is 24.0 Å². The number of hydrogen-bond donors (Lipinski definition) is 1. The van der Waals surface area contributed by atoms with Gasteiger partial charge in [-0.1, -0.05) is 24.3 Å². The Bertz CT molecular complexity index is 955. The van der Waals surface area contributed by atoms with Crippen molar-refractivity contribution < 1.29 is 14.3 Å². The van der Waals surface area contributed by atoms with E-state index in [4.69, 9.17) is 4.74 Å². The predicted octanol–water partition coefficient (Wildman–Crippen LogP) is 3.48. The molecule has 0 aliphatic heterocycles. The average molecular weight is 380 g/mol. The molecule has 0 bridgehead atoms. The summed E-state index contributed by atoms with van der Waals surface area (Å²) in [6.07, 6.45) is 3.74. The number of carbonyl (C=O) groups is 2. The number of nitrogens with zero attached hydrogens (tertiary/aromatic N) is 1. The van der Waals surface area contributed by atoms with E-state index in [-0.39, 0.29) is 12.5 Å². The van der Waals surface area contributed by atoms with Crippen LogP contribution in [0.4, 0.5) is 0 Å². The van der Waals surface area contributed by atoms with Crippen molar-refractivity contribution in [1.82, 2.24) is 5.32 Å². The standard InChI is InChI=1S/C21H20N2O3S/c1-21(12-22,15-8-9-15)23-18(24)11-26-20(25)17-10-14-7-6-13-4-2-3-5-16(13)19(14)27-17/h2-5,10,15H,6-9,11H2,1H3,(H,23,24)/t21-/m1/s1. The first-order chi connectivity index (χ1) is 13.0. The van der Waals surface area contributed by atoms with E-state index in [0.717, 1.165) is 36.1 Å². The first-order valence-electron chi connectivity index (χ1n) is 9.10. The lowest BCUT2D eigenvalue weighted by molar-refractivity contribution is -0.125. The molecule has 1 N–H and O–H groups in total. The Morgan fingerprint density at radius 1 is 1.30 bits per heavy atom. The lowest BCUT2D eigenvalue weighted by atomic mass is 9.91. The zero-order valence-electron chi connectivity index (χ0n) is 15.1. The third-order valence-electron chi connectivity index (χ3n) is 5.30. The lowest BCUT2D eigenvalue weighted by Gasteiger charge is -2.22. The molecular formula is C21H20N2O3S. The Balaban J connectivity index is 1.41. The fourth-order valence-corrected chi connectivity index (χ4v) is 4.75. The maximum absolute atomic E-state index is 12.4. The van der Waals surface area contributed by atoms with Crippen molar-refractivity contribution in [3.8, 4) is 16.5 Å². The number of thiophene rings is 1. The second-order valence-corrected chi connectivity index (χ2v) is 8.39. The summed E-state index contributed by atoms with van der Waals surface area (Å²) in [6, 6.07) is 12.3. The van der Waals surface area contributed by atoms with E-state index in [1.54, 1.807) is 6.92 Å². The molecule has 0 spiro atoms. The zero-order chi connectivity index (χ0) is 19.0. The third-order valence-corrected chi connectivity index (χ3v) is 6.49. The van der Waals surface area contributed by atoms with Gasteiger partial charge in [0.05, 0.1) is 6.07 Å². The Labute approximate surface area is 162 Å². The van der Waals surface area contributed by atoms with E-state index in [1.807, 2.05) is 18.2 Å². The molecule has 1 saturated carbocycles. The van der Waals surface area contributed by atoms with Crippen molar-refractivity contribution >= 4 is 23.2 Å². The van der Waals surface area contributed by atoms with Crippen molar-refractivity contribution in [2.45, 2.75) is 38.1 Å². The molecule has 1 heterocycles. The monoisotopic (exact) mass is 380 g/mol. The predicted molar refractivity (Wildman–Crippen MR) is 102 cm³/mol. The van der Waals surface area contributed by atoms with Crippen molar-refractivity contribution in [2.24, 2.45) is 5.92 Å². The van der Waals surface area contributed by atoms with Crippen molar-refractivity contribution in [2.75, 3.05) is 6.61 Å². The van der Waals surface area contributed by atoms with E-state index < -0.39 is 17.4 Å². The SMILES string of the molecule is C[C@](C#N)(NC(=O)COC(=O)c1cc2c(s1)-c1ccccc1CC2)C1CC1. The molecule has 0 radical (unpaired) electrons. The first kappa shape index (κ1) is 17.7. The van der Waals surface area contributed by atoms with Crippen LogP contribution < -0.4 is 5.32 Å². The van der Waals surface area contributed by atoms with Crippen molar-refractivity contribution in [1.29, 1.82) is 5.26 Å². The fraction of sp³-hybridized carbons (Fsp3) is 0.381. The summed E-state index contributed by atoms with van der Waals surface area (Å²) in [5, 5.41) is 12.0. The minimum absolute atomic E-state index is 0.186. The Hall–Kier alpha value is -2.65. The van der Waals surface area contributed by atoms with Gasteiger partial charge in [-0.2, -0.15) is 5.26 Å². The second kappa shape index (κ2) is 6.82. The summed E-state index contributed by atoms with van der Waals surface area (Å²) in [7, 11) is 0. The van der Waals surface area contributed by atoms with E-state index in [1.165, 1.54) is 22.5 Å². The number of rotatable bonds is 5. The fourth-order valence-electron chi connectivity index (χ4n) is 3.58. The van der Waals surface area contributed by atoms with E-state index >= 15 is 0 Å². The zero-order valence-corrected chi connectivity index (χ0v) is 15.9. The van der Waals surface area contributed by atoms with Gasteiger partial charge < -0.3 is 10.1 Å². The maximum atomic E-state index is 12.4. The molecule has 4 rings (SSSR count). The van der Waals surface area contributed by atoms with Gasteiger partial charge in [-0.3, -0.25) is 4.79 Å². The van der Waals surface area contributed by atoms with Gasteiger partial charge in [-0.05, 0) is 61.3 Å². The summed E-state index contributed by atoms with van der Waals surface area (Å²) >= 11 is 1.41. The summed E-state index contributed by atoms with van der Waals surface area (Å²) in [5.41, 5.74) is 2.74. The highest BCUT2D eigenvalue weighted by molar-refractivity contribution is 7.17. The molecule has 1 amide bonds. The maximum Gasteiger partial charge on any atom is 0.348 e. The van der Waals surface area contributed by atoms with Crippen LogP contribution in [0.2, 0.25) is 0 Å². The van der Waals surface area contributed by atoms with Gasteiger partial charge in [0.15, 0.2) is 6.61 Å². The normalized spacial score (nSPS) is 17.0. The number of fused-ring (bicyclic) bond motifs is 3. The number of carbonyl (C=O) groups excluding carboxylic acids is 2. The largest absolute Gasteiger partial charge is 0.451 e. The second-order valence-electron chi connectivity index (χ2n) is 7.33. The van der Waals surface area contributed by atoms with Gasteiger partial charge in [-0.15, -0.1) is 11.3 Å². The summed E-state index contributed by atoms with van der Waals surface area (Å²) in [6.45, 7) is 1.34. The van der Waals surface area contributed by atoms with Crippen molar-refractivity contribution in [3.63, 3.8) is 0 Å². The topological polar surface area (TPSA) is 79.2 Å². The van der Waals surface area contributed by atoms with E-state index in [9.17, 15) is 14.9 Å². The average Bonchev–Trinajstić information content (AvgIpc) is 3.45. The number of hydrogen-bond acceptors (Lipinski definition) is 5. The highest BCUT2D eigenvalue weighted by Gasteiger charge is 2.43. The van der Waals surface area contributed by atoms with Crippen LogP contribution in [0, 0.1) is 17.2 Å². The van der Waals surface area contributed by atoms with Crippen LogP contribution in [0.1, 0.15) is 40.6 Å². The molecule has 6 heteroatoms. The van der Waals surface area contributed by atoms with Gasteiger partial charge in [-0.25, -0.2) is 4.79 Å². The number of esters is 1. The molecule has 0 saturated heterocycles. The molecule has 1 atom stereocenters. The number of amides is 1. The van der Waals surface area contributed by atoms with E-state index in [2.05, 4.69) is 23.5 Å². The lowest BCUT2D eigenvalue weighted by Crippen LogP contribution is -2.48. The minimum atomic E-state index is -0.880. The molecule has 2 aliphatic carbocycles. The van der Waals surface area contributed by atoms with Crippen LogP contribution in [-0.2, 0) is 22.4 Å². The molecule has 1 aromatic heterocycles. The van der Waals surface area contributed by atoms with Gasteiger partial charge in [0, 0.05) is 4.88 Å². The van der Waals surface area contributed by atoms with Crippen LogP contribution in [0.5, 0.6) is 0 Å². The summed E-state index contributed by atoms with van der Waals surface area (Å²) < 4.78 is 5.20. The van der Waals surface area contributed by atoms with Crippen LogP contribution in [0.15, 0.2) is 30.3 Å². The molecule has 1 aromatic carbocycles. The number of aryl methyl sites for hydroxylation is 2. The number of benzene rings is 1. The molecule has 2 aromatic rings. The minimum Gasteiger partial charge on any atom is -0.451 e. The van der Waals surface area contributed by atoms with Crippen molar-refractivity contribution in [3.05, 3.63) is 46.3 Å². The third kappa shape index (κ3) is 3.47. The number of nitriles is 1. The van der Waals surface area contributed by atoms with Crippen LogP contribution in [0.25, 0.3) is 10.4 Å². The summed E-state index contributed by atoms with van der Waals surface area (Å²) in [5.74, 6) is -0.746.